The van der Waals surface area contributed by atoms with Crippen LogP contribution < -0.4 is 10.2 Å². The van der Waals surface area contributed by atoms with E-state index in [1.807, 2.05) is 33.3 Å². The Hall–Kier alpha value is -3.85. The number of ether oxygens (including phenoxy) is 1. The number of rotatable bonds is 57. The predicted octanol–water partition coefficient (Wildman–Crippen LogP) is 19.8. The van der Waals surface area contributed by atoms with Gasteiger partial charge in [0.15, 0.2) is 0 Å². The minimum Gasteiger partial charge on any atom is -0.756 e. The van der Waals surface area contributed by atoms with E-state index in [0.29, 0.717) is 23.9 Å². The quantitative estimate of drug-likeness (QED) is 0.0212. The van der Waals surface area contributed by atoms with Gasteiger partial charge in [0.1, 0.15) is 19.3 Å². The van der Waals surface area contributed by atoms with Gasteiger partial charge in [0.2, 0.25) is 5.91 Å². The highest BCUT2D eigenvalue weighted by molar-refractivity contribution is 7.45. The van der Waals surface area contributed by atoms with E-state index in [4.69, 9.17) is 13.8 Å². The smallest absolute Gasteiger partial charge is 0.306 e. The molecule has 9 nitrogen and oxygen atoms in total. The van der Waals surface area contributed by atoms with Gasteiger partial charge < -0.3 is 28.5 Å². The van der Waals surface area contributed by atoms with Crippen LogP contribution >= 0.6 is 7.82 Å². The molecule has 81 heavy (non-hydrogen) atoms. The van der Waals surface area contributed by atoms with Gasteiger partial charge in [-0.15, -0.1) is 0 Å². The number of hydrogen-bond donors (Lipinski definition) is 1. The van der Waals surface area contributed by atoms with E-state index in [9.17, 15) is 19.0 Å². The highest BCUT2D eigenvalue weighted by Crippen LogP contribution is 2.38. The van der Waals surface area contributed by atoms with Crippen molar-refractivity contribution < 1.29 is 37.3 Å². The minimum atomic E-state index is -4.72. The fraction of sp³-hybridized carbons (Fsp3) is 0.662. The van der Waals surface area contributed by atoms with Gasteiger partial charge in [-0.05, 0) is 128 Å². The molecule has 3 atom stereocenters. The Kier molecular flexibility index (Phi) is 56.5. The molecular weight excluding hydrogens is 1020 g/mol. The lowest BCUT2D eigenvalue weighted by Gasteiger charge is -2.30. The summed E-state index contributed by atoms with van der Waals surface area (Å²) in [6, 6.07) is -0.920. The lowest BCUT2D eigenvalue weighted by Crippen LogP contribution is -2.47. The Labute approximate surface area is 498 Å². The van der Waals surface area contributed by atoms with Crippen LogP contribution in [0.25, 0.3) is 0 Å². The SMILES string of the molecule is CC/C=C\C/C=C\C/C=C\C/C=C\C/C=C\C/C=C\CCCCCCCCC(=O)NC(COP(=O)([O-])OCC[N+](C)(C)C)C(/C=C\CCCCCCCCCCC)OC(=O)CCCCC/C=C\C/C=C\C/C=C\C/C=C\CCCCC. The van der Waals surface area contributed by atoms with Gasteiger partial charge in [-0.2, -0.15) is 0 Å². The molecule has 0 aliphatic rings. The Morgan fingerprint density at radius 2 is 0.790 bits per heavy atom. The molecule has 3 unspecified atom stereocenters. The number of amides is 1. The molecule has 0 bridgehead atoms. The minimum absolute atomic E-state index is 0.0384. The first-order chi connectivity index (χ1) is 39.4. The van der Waals surface area contributed by atoms with Crippen LogP contribution in [0.3, 0.4) is 0 Å². The van der Waals surface area contributed by atoms with Crippen molar-refractivity contribution in [3.8, 4) is 0 Å². The maximum absolute atomic E-state index is 13.6. The molecule has 0 saturated carbocycles. The van der Waals surface area contributed by atoms with Crippen LogP contribution in [0.5, 0.6) is 0 Å². The number of nitrogens with zero attached hydrogens (tertiary/aromatic N) is 1. The summed E-state index contributed by atoms with van der Waals surface area (Å²) in [7, 11) is 1.14. The molecule has 462 valence electrons. The van der Waals surface area contributed by atoms with E-state index in [0.717, 1.165) is 135 Å². The van der Waals surface area contributed by atoms with Crippen LogP contribution in [0.15, 0.2) is 134 Å². The standard InChI is InChI=1S/C71H121N2O7P/c1-7-10-13-16-19-22-25-27-29-31-33-34-35-36-37-38-40-41-43-45-48-51-54-57-60-63-70(74)72-68(67-79-81(76,77)78-66-65-73(4,5)6)69(62-59-56-53-50-47-24-21-18-15-12-9-3)80-71(75)64-61-58-55-52-49-46-44-42-39-32-30-28-26-23-20-17-14-11-8-2/h10,13,19-20,22-23,27-30,33-34,36-37,39-42,46,49,59,62,68-69H,7-9,11-12,14-18,21,24-26,31-32,35,38,43-45,47-48,50-58,60-61,63-67H2,1-6H3,(H-,72,74,76,77)/b13-10-,22-19-,23-20-,29-27-,30-28-,34-33-,37-36-,41-40-,42-39-,49-46-,62-59-. The van der Waals surface area contributed by atoms with Crippen LogP contribution in [-0.2, 0) is 27.9 Å². The van der Waals surface area contributed by atoms with Crippen molar-refractivity contribution in [3.05, 3.63) is 134 Å². The normalized spacial score (nSPS) is 14.5. The van der Waals surface area contributed by atoms with Gasteiger partial charge in [-0.1, -0.05) is 245 Å². The molecule has 10 heteroatoms. The molecule has 0 aromatic heterocycles. The number of phosphoric ester groups is 1. The molecule has 1 N–H and O–H groups in total. The molecular formula is C71H121N2O7P. The fourth-order valence-electron chi connectivity index (χ4n) is 8.57. The number of nitrogens with one attached hydrogen (secondary N) is 1. The Morgan fingerprint density at radius 1 is 0.444 bits per heavy atom. The summed E-state index contributed by atoms with van der Waals surface area (Å²) < 4.78 is 30.3. The number of carbonyl (C=O) groups is 2. The van der Waals surface area contributed by atoms with Crippen molar-refractivity contribution in [3.63, 3.8) is 0 Å². The number of carbonyl (C=O) groups excluding carboxylic acids is 2. The second-order valence-corrected chi connectivity index (χ2v) is 23.9. The maximum Gasteiger partial charge on any atom is 0.306 e. The second kappa shape index (κ2) is 59.3. The maximum atomic E-state index is 13.6. The van der Waals surface area contributed by atoms with Gasteiger partial charge in [0.05, 0.1) is 33.8 Å². The third kappa shape index (κ3) is 60.6. The summed E-state index contributed by atoms with van der Waals surface area (Å²) in [5, 5.41) is 3.01. The summed E-state index contributed by atoms with van der Waals surface area (Å²) in [5.74, 6) is -0.604. The van der Waals surface area contributed by atoms with Crippen molar-refractivity contribution in [2.24, 2.45) is 0 Å². The van der Waals surface area contributed by atoms with Crippen LogP contribution in [0, 0.1) is 0 Å². The van der Waals surface area contributed by atoms with Crippen molar-refractivity contribution in [1.29, 1.82) is 0 Å². The van der Waals surface area contributed by atoms with Gasteiger partial charge >= 0.3 is 5.97 Å². The molecule has 0 saturated heterocycles. The molecule has 0 heterocycles. The highest BCUT2D eigenvalue weighted by Gasteiger charge is 2.27. The van der Waals surface area contributed by atoms with Crippen LogP contribution in [0.2, 0.25) is 0 Å². The summed E-state index contributed by atoms with van der Waals surface area (Å²) in [6.45, 7) is 6.64. The van der Waals surface area contributed by atoms with Gasteiger partial charge in [-0.25, -0.2) is 0 Å². The van der Waals surface area contributed by atoms with E-state index in [2.05, 4.69) is 148 Å². The first-order valence-corrected chi connectivity index (χ1v) is 34.0. The lowest BCUT2D eigenvalue weighted by molar-refractivity contribution is -0.870. The number of esters is 1. The molecule has 0 fully saturated rings. The van der Waals surface area contributed by atoms with Crippen LogP contribution in [0.1, 0.15) is 252 Å². The zero-order chi connectivity index (χ0) is 59.3. The number of quaternary nitrogens is 1. The Morgan fingerprint density at radius 3 is 1.22 bits per heavy atom. The zero-order valence-electron chi connectivity index (χ0n) is 52.7. The van der Waals surface area contributed by atoms with E-state index in [-0.39, 0.29) is 31.3 Å². The molecule has 0 aliphatic carbocycles. The zero-order valence-corrected chi connectivity index (χ0v) is 53.6. The number of likely N-dealkylation sites (N-methyl/N-ethyl adjacent to an activating group) is 1. The lowest BCUT2D eigenvalue weighted by atomic mass is 10.1. The monoisotopic (exact) mass is 1140 g/mol. The number of unbranched alkanes of at least 4 members (excludes halogenated alkanes) is 21. The highest BCUT2D eigenvalue weighted by atomic mass is 31.2. The Bertz CT molecular complexity index is 1850. The molecule has 1 amide bonds. The molecule has 0 radical (unpaired) electrons. The van der Waals surface area contributed by atoms with Crippen LogP contribution in [0.4, 0.5) is 0 Å². The van der Waals surface area contributed by atoms with Gasteiger partial charge in [0.25, 0.3) is 7.82 Å². The van der Waals surface area contributed by atoms with E-state index >= 15 is 0 Å². The third-order valence-corrected chi connectivity index (χ3v) is 14.5. The largest absolute Gasteiger partial charge is 0.756 e. The van der Waals surface area contributed by atoms with Crippen LogP contribution in [-0.4, -0.2) is 69.4 Å². The van der Waals surface area contributed by atoms with Crippen molar-refractivity contribution in [2.75, 3.05) is 40.9 Å². The second-order valence-electron chi connectivity index (χ2n) is 22.5. The summed E-state index contributed by atoms with van der Waals surface area (Å²) in [6.07, 6.45) is 84.2. The molecule has 0 aromatic rings. The fourth-order valence-corrected chi connectivity index (χ4v) is 9.29. The molecule has 0 spiro atoms. The van der Waals surface area contributed by atoms with E-state index < -0.39 is 26.6 Å². The molecule has 0 rings (SSSR count). The summed E-state index contributed by atoms with van der Waals surface area (Å²) >= 11 is 0. The van der Waals surface area contributed by atoms with Gasteiger partial charge in [-0.3, -0.25) is 14.2 Å². The van der Waals surface area contributed by atoms with E-state index in [1.165, 1.54) is 70.6 Å². The number of allylic oxidation sites excluding steroid dienone is 21. The average Bonchev–Trinajstić information content (AvgIpc) is 3.44. The van der Waals surface area contributed by atoms with Crippen molar-refractivity contribution >= 4 is 19.7 Å². The average molecular weight is 1150 g/mol. The van der Waals surface area contributed by atoms with Gasteiger partial charge in [0, 0.05) is 12.8 Å². The topological polar surface area (TPSA) is 114 Å². The third-order valence-electron chi connectivity index (χ3n) is 13.6. The van der Waals surface area contributed by atoms with Crippen molar-refractivity contribution in [1.82, 2.24) is 5.32 Å². The molecule has 0 aliphatic heterocycles. The van der Waals surface area contributed by atoms with Crippen molar-refractivity contribution in [2.45, 2.75) is 264 Å². The Balaban J connectivity index is 5.25. The summed E-state index contributed by atoms with van der Waals surface area (Å²) in [5.41, 5.74) is 0. The first-order valence-electron chi connectivity index (χ1n) is 32.5. The summed E-state index contributed by atoms with van der Waals surface area (Å²) in [4.78, 5) is 40.0. The number of phosphoric acid groups is 1. The predicted molar refractivity (Wildman–Crippen MR) is 348 cm³/mol. The molecule has 0 aromatic carbocycles. The van der Waals surface area contributed by atoms with E-state index in [1.54, 1.807) is 0 Å². The first kappa shape index (κ1) is 77.2. The number of hydrogen-bond acceptors (Lipinski definition) is 7.